The van der Waals surface area contributed by atoms with Crippen LogP contribution in [0.25, 0.3) is 49.4 Å². The molecule has 1 aliphatic carbocycles. The molecule has 2 aliphatic rings. The van der Waals surface area contributed by atoms with Crippen LogP contribution in [0.3, 0.4) is 0 Å². The van der Waals surface area contributed by atoms with Gasteiger partial charge < -0.3 is 14.1 Å². The molecule has 3 nitrogen and oxygen atoms in total. The quantitative estimate of drug-likeness (QED) is 0.189. The van der Waals surface area contributed by atoms with Crippen LogP contribution in [0.2, 0.25) is 0 Å². The molecular weight excluding hydrogens is 599 g/mol. The standard InChI is InChI=1S/C46H31NO2/c1-3-12-31(13-4-1)35-19-11-20-39-41-29-42(36-16-7-8-18-38(36)46(41)49-45(35)39)47(33-14-5-2-6-15-33)34-25-22-30(23-26-34)32-24-27-44-40(28-32)37-17-9-10-21-43(37)48-44/h1-29,39,45H. The first kappa shape index (κ1) is 27.8. The molecule has 0 saturated heterocycles. The minimum absolute atomic E-state index is 0.0739. The summed E-state index contributed by atoms with van der Waals surface area (Å²) in [5, 5.41) is 4.55. The number of rotatable bonds is 5. The molecule has 10 rings (SSSR count). The molecule has 1 aromatic heterocycles. The van der Waals surface area contributed by atoms with E-state index in [4.69, 9.17) is 9.15 Å². The van der Waals surface area contributed by atoms with Gasteiger partial charge in [0.25, 0.3) is 0 Å². The van der Waals surface area contributed by atoms with E-state index in [1.807, 2.05) is 12.1 Å². The predicted octanol–water partition coefficient (Wildman–Crippen LogP) is 12.4. The fraction of sp³-hybridized carbons (Fsp3) is 0.0435. The molecule has 1 aliphatic heterocycles. The Morgan fingerprint density at radius 3 is 1.96 bits per heavy atom. The maximum Gasteiger partial charge on any atom is 0.135 e. The lowest BCUT2D eigenvalue weighted by Gasteiger charge is -2.28. The summed E-state index contributed by atoms with van der Waals surface area (Å²) in [5.41, 5.74) is 11.1. The summed E-state index contributed by atoms with van der Waals surface area (Å²) in [6.07, 6.45) is 6.61. The van der Waals surface area contributed by atoms with Crippen LogP contribution in [0.15, 0.2) is 180 Å². The predicted molar refractivity (Wildman–Crippen MR) is 202 cm³/mol. The fourth-order valence-electron chi connectivity index (χ4n) is 7.72. The second kappa shape index (κ2) is 11.1. The van der Waals surface area contributed by atoms with Crippen molar-refractivity contribution in [3.63, 3.8) is 0 Å². The van der Waals surface area contributed by atoms with Gasteiger partial charge in [-0.2, -0.15) is 0 Å². The molecule has 2 unspecified atom stereocenters. The van der Waals surface area contributed by atoms with Crippen LogP contribution in [0.4, 0.5) is 17.1 Å². The average molecular weight is 630 g/mol. The summed E-state index contributed by atoms with van der Waals surface area (Å²) in [7, 11) is 0. The highest BCUT2D eigenvalue weighted by molar-refractivity contribution is 6.07. The molecule has 49 heavy (non-hydrogen) atoms. The molecule has 0 fully saturated rings. The number of anilines is 3. The first-order valence-corrected chi connectivity index (χ1v) is 16.8. The van der Waals surface area contributed by atoms with E-state index in [0.717, 1.165) is 66.6 Å². The number of hydrogen-bond acceptors (Lipinski definition) is 3. The molecule has 7 aromatic carbocycles. The van der Waals surface area contributed by atoms with Crippen molar-refractivity contribution in [3.05, 3.63) is 187 Å². The van der Waals surface area contributed by atoms with Crippen LogP contribution in [-0.4, -0.2) is 6.10 Å². The topological polar surface area (TPSA) is 25.6 Å². The van der Waals surface area contributed by atoms with Crippen molar-refractivity contribution in [2.45, 2.75) is 12.0 Å². The zero-order valence-electron chi connectivity index (χ0n) is 26.7. The highest BCUT2D eigenvalue weighted by Crippen LogP contribution is 2.52. The van der Waals surface area contributed by atoms with E-state index in [-0.39, 0.29) is 12.0 Å². The van der Waals surface area contributed by atoms with Crippen molar-refractivity contribution in [2.24, 2.45) is 0 Å². The lowest BCUT2D eigenvalue weighted by molar-refractivity contribution is 0.281. The Balaban J connectivity index is 1.10. The number of furan rings is 1. The first-order chi connectivity index (χ1) is 24.3. The van der Waals surface area contributed by atoms with Crippen molar-refractivity contribution in [3.8, 4) is 16.9 Å². The van der Waals surface area contributed by atoms with Crippen LogP contribution >= 0.6 is 0 Å². The molecule has 0 bridgehead atoms. The maximum atomic E-state index is 6.91. The normalized spacial score (nSPS) is 16.4. The van der Waals surface area contributed by atoms with Crippen LogP contribution in [0, 0.1) is 0 Å². The third-order valence-corrected chi connectivity index (χ3v) is 10.0. The van der Waals surface area contributed by atoms with Crippen LogP contribution in [-0.2, 0) is 0 Å². The van der Waals surface area contributed by atoms with Gasteiger partial charge in [0.2, 0.25) is 0 Å². The Labute approximate surface area is 284 Å². The van der Waals surface area contributed by atoms with Gasteiger partial charge in [0, 0.05) is 50.0 Å². The Morgan fingerprint density at radius 2 is 1.14 bits per heavy atom. The first-order valence-electron chi connectivity index (χ1n) is 16.8. The molecule has 0 spiro atoms. The smallest absolute Gasteiger partial charge is 0.135 e. The molecule has 232 valence electrons. The maximum absolute atomic E-state index is 6.91. The van der Waals surface area contributed by atoms with E-state index in [2.05, 4.69) is 169 Å². The van der Waals surface area contributed by atoms with Crippen LogP contribution in [0.5, 0.6) is 5.75 Å². The number of benzene rings is 7. The van der Waals surface area contributed by atoms with Gasteiger partial charge in [-0.1, -0.05) is 127 Å². The highest BCUT2D eigenvalue weighted by atomic mass is 16.5. The molecule has 8 aromatic rings. The average Bonchev–Trinajstić information content (AvgIpc) is 3.74. The second-order valence-corrected chi connectivity index (χ2v) is 12.8. The Bertz CT molecular complexity index is 2580. The summed E-state index contributed by atoms with van der Waals surface area (Å²) in [5.74, 6) is 1.10. The molecule has 0 saturated carbocycles. The van der Waals surface area contributed by atoms with Crippen molar-refractivity contribution in [2.75, 3.05) is 4.90 Å². The van der Waals surface area contributed by atoms with Gasteiger partial charge in [-0.15, -0.1) is 0 Å². The van der Waals surface area contributed by atoms with Crippen molar-refractivity contribution in [1.82, 2.24) is 0 Å². The Hall–Kier alpha value is -6.32. The fourth-order valence-corrected chi connectivity index (χ4v) is 7.72. The van der Waals surface area contributed by atoms with E-state index in [0.29, 0.717) is 0 Å². The molecule has 2 heterocycles. The molecule has 0 amide bonds. The zero-order chi connectivity index (χ0) is 32.3. The third kappa shape index (κ3) is 4.51. The second-order valence-electron chi connectivity index (χ2n) is 12.8. The molecular formula is C46H31NO2. The summed E-state index contributed by atoms with van der Waals surface area (Å²) in [6.45, 7) is 0. The van der Waals surface area contributed by atoms with Crippen molar-refractivity contribution >= 4 is 55.3 Å². The van der Waals surface area contributed by atoms with E-state index >= 15 is 0 Å². The molecule has 0 radical (unpaired) electrons. The largest absolute Gasteiger partial charge is 0.484 e. The SMILES string of the molecule is C1=CC2c3cc(N(c4ccccc4)c4ccc(-c5ccc6oc7ccccc7c6c5)cc4)c4ccccc4c3OC2C(c2ccccc2)=C1. The number of fused-ring (bicyclic) bond motifs is 8. The summed E-state index contributed by atoms with van der Waals surface area (Å²) < 4.78 is 13.0. The van der Waals surface area contributed by atoms with Crippen molar-refractivity contribution < 1.29 is 9.15 Å². The molecule has 2 atom stereocenters. The Kier molecular flexibility index (Phi) is 6.31. The lowest BCUT2D eigenvalue weighted by Crippen LogP contribution is -2.21. The number of ether oxygens (including phenoxy) is 1. The monoisotopic (exact) mass is 629 g/mol. The van der Waals surface area contributed by atoms with E-state index < -0.39 is 0 Å². The van der Waals surface area contributed by atoms with Crippen LogP contribution < -0.4 is 9.64 Å². The van der Waals surface area contributed by atoms with E-state index in [1.54, 1.807) is 0 Å². The van der Waals surface area contributed by atoms with Gasteiger partial charge in [-0.25, -0.2) is 0 Å². The van der Waals surface area contributed by atoms with Gasteiger partial charge in [0.15, 0.2) is 0 Å². The summed E-state index contributed by atoms with van der Waals surface area (Å²) >= 11 is 0. The Morgan fingerprint density at radius 1 is 0.490 bits per heavy atom. The minimum atomic E-state index is -0.0739. The highest BCUT2D eigenvalue weighted by Gasteiger charge is 2.39. The minimum Gasteiger partial charge on any atom is -0.484 e. The summed E-state index contributed by atoms with van der Waals surface area (Å²) in [4.78, 5) is 2.38. The third-order valence-electron chi connectivity index (χ3n) is 10.0. The molecule has 3 heteroatoms. The van der Waals surface area contributed by atoms with Gasteiger partial charge in [-0.05, 0) is 65.2 Å². The number of hydrogen-bond donors (Lipinski definition) is 0. The van der Waals surface area contributed by atoms with Gasteiger partial charge in [-0.3, -0.25) is 0 Å². The molecule has 0 N–H and O–H groups in total. The van der Waals surface area contributed by atoms with E-state index in [1.165, 1.54) is 16.7 Å². The number of nitrogens with zero attached hydrogens (tertiary/aromatic N) is 1. The zero-order valence-corrected chi connectivity index (χ0v) is 26.7. The lowest BCUT2D eigenvalue weighted by atomic mass is 9.83. The van der Waals surface area contributed by atoms with Crippen molar-refractivity contribution in [1.29, 1.82) is 0 Å². The summed E-state index contributed by atoms with van der Waals surface area (Å²) in [6, 6.07) is 55.9. The van der Waals surface area contributed by atoms with Gasteiger partial charge in [0.05, 0.1) is 5.69 Å². The van der Waals surface area contributed by atoms with Gasteiger partial charge in [0.1, 0.15) is 23.0 Å². The number of allylic oxidation sites excluding steroid dienone is 2. The van der Waals surface area contributed by atoms with Crippen LogP contribution in [0.1, 0.15) is 17.0 Å². The number of para-hydroxylation sites is 2. The van der Waals surface area contributed by atoms with Gasteiger partial charge >= 0.3 is 0 Å². The van der Waals surface area contributed by atoms with E-state index in [9.17, 15) is 0 Å².